The minimum absolute atomic E-state index is 0.108. The normalized spacial score (nSPS) is 13.4. The van der Waals surface area contributed by atoms with Gasteiger partial charge in [-0.15, -0.1) is 0 Å². The molecule has 0 radical (unpaired) electrons. The fraction of sp³-hybridized carbons (Fsp3) is 0.120. The second-order valence-corrected chi connectivity index (χ2v) is 7.35. The van der Waals surface area contributed by atoms with Crippen LogP contribution in [0.1, 0.15) is 49.6 Å². The molecule has 1 aliphatic heterocycles. The monoisotopic (exact) mass is 443 g/mol. The average Bonchev–Trinajstić information content (AvgIpc) is 3.08. The van der Waals surface area contributed by atoms with Crippen molar-refractivity contribution in [2.75, 3.05) is 11.5 Å². The Bertz CT molecular complexity index is 1240. The number of carbonyl (C=O) groups excluding carboxylic acids is 4. The fourth-order valence-corrected chi connectivity index (χ4v) is 3.65. The molecule has 3 N–H and O–H groups in total. The SMILES string of the molecule is CCOc1ccc(N2C(=O)c3ccc(C(=O)NC(C(N)=O)c4ccccc4)cc3C2=O)cc1. The van der Waals surface area contributed by atoms with E-state index < -0.39 is 29.7 Å². The van der Waals surface area contributed by atoms with Crippen molar-refractivity contribution in [3.8, 4) is 5.75 Å². The number of nitrogens with two attached hydrogens (primary N) is 1. The van der Waals surface area contributed by atoms with Gasteiger partial charge in [0.05, 0.1) is 23.4 Å². The third kappa shape index (κ3) is 4.18. The van der Waals surface area contributed by atoms with Crippen molar-refractivity contribution in [3.63, 3.8) is 0 Å². The van der Waals surface area contributed by atoms with Crippen LogP contribution < -0.4 is 20.7 Å². The maximum absolute atomic E-state index is 13.0. The van der Waals surface area contributed by atoms with E-state index in [-0.39, 0.29) is 16.7 Å². The second kappa shape index (κ2) is 8.96. The number of carbonyl (C=O) groups is 4. The van der Waals surface area contributed by atoms with Crippen molar-refractivity contribution in [1.82, 2.24) is 5.32 Å². The molecular formula is C25H21N3O5. The molecule has 0 bridgehead atoms. The Morgan fingerprint density at radius 3 is 2.24 bits per heavy atom. The number of anilines is 1. The first-order valence-electron chi connectivity index (χ1n) is 10.3. The van der Waals surface area contributed by atoms with Crippen LogP contribution in [0.3, 0.4) is 0 Å². The van der Waals surface area contributed by atoms with E-state index in [1.807, 2.05) is 6.92 Å². The molecule has 8 heteroatoms. The number of nitrogens with zero attached hydrogens (tertiary/aromatic N) is 1. The van der Waals surface area contributed by atoms with E-state index in [4.69, 9.17) is 10.5 Å². The lowest BCUT2D eigenvalue weighted by Gasteiger charge is -2.16. The first-order valence-corrected chi connectivity index (χ1v) is 10.3. The number of primary amides is 1. The molecule has 1 atom stereocenters. The van der Waals surface area contributed by atoms with Gasteiger partial charge in [0.15, 0.2) is 0 Å². The number of benzene rings is 3. The summed E-state index contributed by atoms with van der Waals surface area (Å²) in [6.07, 6.45) is 0. The Balaban J connectivity index is 1.58. The van der Waals surface area contributed by atoms with Crippen LogP contribution >= 0.6 is 0 Å². The van der Waals surface area contributed by atoms with Crippen LogP contribution in [0.25, 0.3) is 0 Å². The summed E-state index contributed by atoms with van der Waals surface area (Å²) in [5.41, 5.74) is 6.83. The summed E-state index contributed by atoms with van der Waals surface area (Å²) in [5.74, 6) is -1.71. The summed E-state index contributed by atoms with van der Waals surface area (Å²) in [6.45, 7) is 2.36. The highest BCUT2D eigenvalue weighted by atomic mass is 16.5. The van der Waals surface area contributed by atoms with E-state index in [0.717, 1.165) is 4.90 Å². The number of hydrogen-bond donors (Lipinski definition) is 2. The number of hydrogen-bond acceptors (Lipinski definition) is 5. The third-order valence-corrected chi connectivity index (χ3v) is 5.25. The van der Waals surface area contributed by atoms with Gasteiger partial charge in [-0.05, 0) is 55.0 Å². The summed E-state index contributed by atoms with van der Waals surface area (Å²) in [4.78, 5) is 51.7. The second-order valence-electron chi connectivity index (χ2n) is 7.35. The Labute approximate surface area is 190 Å². The molecule has 0 aromatic heterocycles. The summed E-state index contributed by atoms with van der Waals surface area (Å²) in [5, 5.41) is 2.59. The molecule has 3 aromatic rings. The molecule has 8 nitrogen and oxygen atoms in total. The average molecular weight is 443 g/mol. The molecule has 0 fully saturated rings. The van der Waals surface area contributed by atoms with Gasteiger partial charge in [0.25, 0.3) is 17.7 Å². The summed E-state index contributed by atoms with van der Waals surface area (Å²) < 4.78 is 5.40. The highest BCUT2D eigenvalue weighted by Crippen LogP contribution is 2.30. The topological polar surface area (TPSA) is 119 Å². The van der Waals surface area contributed by atoms with Gasteiger partial charge in [0, 0.05) is 5.56 Å². The van der Waals surface area contributed by atoms with Gasteiger partial charge < -0.3 is 15.8 Å². The smallest absolute Gasteiger partial charge is 0.266 e. The van der Waals surface area contributed by atoms with E-state index in [9.17, 15) is 19.2 Å². The van der Waals surface area contributed by atoms with Crippen LogP contribution in [0.2, 0.25) is 0 Å². The standard InChI is InChI=1S/C25H21N3O5/c1-2-33-18-11-9-17(10-12-18)28-24(31)19-13-8-16(14-20(19)25(28)32)23(30)27-21(22(26)29)15-6-4-3-5-7-15/h3-14,21H,2H2,1H3,(H2,26,29)(H,27,30). The zero-order valence-corrected chi connectivity index (χ0v) is 17.8. The first-order chi connectivity index (χ1) is 15.9. The summed E-state index contributed by atoms with van der Waals surface area (Å²) in [7, 11) is 0. The zero-order chi connectivity index (χ0) is 23.5. The number of imide groups is 1. The Hall–Kier alpha value is -4.46. The minimum atomic E-state index is -1.04. The Kier molecular flexibility index (Phi) is 5.91. The lowest BCUT2D eigenvalue weighted by atomic mass is 10.0. The molecule has 0 aliphatic carbocycles. The van der Waals surface area contributed by atoms with Gasteiger partial charge in [-0.2, -0.15) is 0 Å². The molecule has 1 aliphatic rings. The predicted molar refractivity (Wildman–Crippen MR) is 121 cm³/mol. The van der Waals surface area contributed by atoms with Crippen LogP contribution in [-0.4, -0.2) is 30.2 Å². The molecule has 4 rings (SSSR count). The fourth-order valence-electron chi connectivity index (χ4n) is 3.65. The van der Waals surface area contributed by atoms with Crippen LogP contribution in [0, 0.1) is 0 Å². The molecule has 1 unspecified atom stereocenters. The van der Waals surface area contributed by atoms with Crippen molar-refractivity contribution < 1.29 is 23.9 Å². The highest BCUT2D eigenvalue weighted by Gasteiger charge is 2.37. The van der Waals surface area contributed by atoms with E-state index in [0.29, 0.717) is 23.6 Å². The number of ether oxygens (including phenoxy) is 1. The van der Waals surface area contributed by atoms with Gasteiger partial charge in [-0.1, -0.05) is 30.3 Å². The van der Waals surface area contributed by atoms with Gasteiger partial charge in [0.2, 0.25) is 5.91 Å². The predicted octanol–water partition coefficient (Wildman–Crippen LogP) is 2.84. The van der Waals surface area contributed by atoms with Crippen molar-refractivity contribution >= 4 is 29.3 Å². The number of rotatable bonds is 7. The third-order valence-electron chi connectivity index (χ3n) is 5.25. The zero-order valence-electron chi connectivity index (χ0n) is 17.8. The highest BCUT2D eigenvalue weighted by molar-refractivity contribution is 6.34. The molecule has 0 saturated heterocycles. The van der Waals surface area contributed by atoms with E-state index in [2.05, 4.69) is 5.32 Å². The minimum Gasteiger partial charge on any atom is -0.494 e. The van der Waals surface area contributed by atoms with Gasteiger partial charge in [-0.25, -0.2) is 4.90 Å². The molecule has 3 aromatic carbocycles. The van der Waals surface area contributed by atoms with E-state index in [1.165, 1.54) is 18.2 Å². The molecule has 0 saturated carbocycles. The quantitative estimate of drug-likeness (QED) is 0.544. The number of nitrogens with one attached hydrogen (secondary N) is 1. The molecule has 1 heterocycles. The lowest BCUT2D eigenvalue weighted by Crippen LogP contribution is -2.37. The molecule has 33 heavy (non-hydrogen) atoms. The maximum Gasteiger partial charge on any atom is 0.266 e. The van der Waals surface area contributed by atoms with Gasteiger partial charge in [0.1, 0.15) is 11.8 Å². The van der Waals surface area contributed by atoms with Crippen LogP contribution in [0.5, 0.6) is 5.75 Å². The van der Waals surface area contributed by atoms with Crippen molar-refractivity contribution in [2.45, 2.75) is 13.0 Å². The largest absolute Gasteiger partial charge is 0.494 e. The first kappa shape index (κ1) is 21.8. The van der Waals surface area contributed by atoms with Gasteiger partial charge in [-0.3, -0.25) is 19.2 Å². The van der Waals surface area contributed by atoms with E-state index >= 15 is 0 Å². The van der Waals surface area contributed by atoms with Crippen LogP contribution in [-0.2, 0) is 4.79 Å². The van der Waals surface area contributed by atoms with E-state index in [1.54, 1.807) is 54.6 Å². The Morgan fingerprint density at radius 2 is 1.61 bits per heavy atom. The summed E-state index contributed by atoms with van der Waals surface area (Å²) >= 11 is 0. The number of amides is 4. The summed E-state index contributed by atoms with van der Waals surface area (Å²) in [6, 6.07) is 18.4. The number of fused-ring (bicyclic) bond motifs is 1. The van der Waals surface area contributed by atoms with Crippen LogP contribution in [0.4, 0.5) is 5.69 Å². The molecule has 4 amide bonds. The molecule has 166 valence electrons. The Morgan fingerprint density at radius 1 is 0.939 bits per heavy atom. The molecular weight excluding hydrogens is 422 g/mol. The van der Waals surface area contributed by atoms with Crippen molar-refractivity contribution in [2.24, 2.45) is 5.73 Å². The van der Waals surface area contributed by atoms with Crippen molar-refractivity contribution in [1.29, 1.82) is 0 Å². The molecule has 0 spiro atoms. The van der Waals surface area contributed by atoms with Crippen LogP contribution in [0.15, 0.2) is 72.8 Å². The van der Waals surface area contributed by atoms with Crippen molar-refractivity contribution in [3.05, 3.63) is 95.1 Å². The lowest BCUT2D eigenvalue weighted by molar-refractivity contribution is -0.120. The van der Waals surface area contributed by atoms with Gasteiger partial charge >= 0.3 is 0 Å². The maximum atomic E-state index is 13.0.